The Kier molecular flexibility index (Phi) is 4.12. The molecular weight excluding hydrogens is 110 g/mol. The van der Waals surface area contributed by atoms with Crippen molar-refractivity contribution in [2.24, 2.45) is 0 Å². The summed E-state index contributed by atoms with van der Waals surface area (Å²) >= 11 is 0. The fourth-order valence-electron chi connectivity index (χ4n) is 0.420. The summed E-state index contributed by atoms with van der Waals surface area (Å²) in [7, 11) is 0. The molecule has 0 aliphatic carbocycles. The molecule has 1 nitrogen and oxygen atoms in total. The van der Waals surface area contributed by atoms with Gasteiger partial charge in [-0.15, -0.1) is 5.73 Å². The average molecular weight is 125 g/mol. The largest absolute Gasteiger partial charge is 0.310 e. The molecule has 0 saturated carbocycles. The molecule has 0 spiro atoms. The van der Waals surface area contributed by atoms with E-state index in [1.165, 1.54) is 5.57 Å². The van der Waals surface area contributed by atoms with Gasteiger partial charge in [0.15, 0.2) is 0 Å². The predicted molar refractivity (Wildman–Crippen MR) is 41.5 cm³/mol. The summed E-state index contributed by atoms with van der Waals surface area (Å²) in [5.74, 6) is 0. The van der Waals surface area contributed by atoms with Gasteiger partial charge in [0, 0.05) is 12.6 Å². The zero-order chi connectivity index (χ0) is 7.28. The molecule has 0 aromatic heterocycles. The maximum absolute atomic E-state index is 3.54. The lowest BCUT2D eigenvalue weighted by Gasteiger charge is -2.05. The zero-order valence-corrected chi connectivity index (χ0v) is 6.49. The van der Waals surface area contributed by atoms with Crippen molar-refractivity contribution in [1.29, 1.82) is 0 Å². The Morgan fingerprint density at radius 2 is 2.22 bits per heavy atom. The van der Waals surface area contributed by atoms with E-state index in [0.717, 1.165) is 6.54 Å². The third-order valence-corrected chi connectivity index (χ3v) is 1.08. The van der Waals surface area contributed by atoms with E-state index in [4.69, 9.17) is 0 Å². The van der Waals surface area contributed by atoms with Crippen molar-refractivity contribution in [1.82, 2.24) is 5.32 Å². The van der Waals surface area contributed by atoms with E-state index >= 15 is 0 Å². The lowest BCUT2D eigenvalue weighted by Crippen LogP contribution is -2.23. The van der Waals surface area contributed by atoms with E-state index < -0.39 is 0 Å². The molecule has 1 heteroatoms. The molecular formula is C8H15N. The third-order valence-electron chi connectivity index (χ3n) is 1.08. The molecule has 0 heterocycles. The molecule has 0 unspecified atom stereocenters. The SMILES string of the molecule is C=C=C(C)CNC(C)C. The molecule has 0 aliphatic rings. The first-order chi connectivity index (χ1) is 4.16. The van der Waals surface area contributed by atoms with Crippen LogP contribution in [0.2, 0.25) is 0 Å². The minimum absolute atomic E-state index is 0.549. The molecule has 0 bridgehead atoms. The molecule has 0 radical (unpaired) electrons. The number of nitrogens with one attached hydrogen (secondary N) is 1. The maximum Gasteiger partial charge on any atom is 0.0239 e. The van der Waals surface area contributed by atoms with E-state index in [1.54, 1.807) is 0 Å². The van der Waals surface area contributed by atoms with Gasteiger partial charge in [-0.1, -0.05) is 20.4 Å². The molecule has 0 rings (SSSR count). The van der Waals surface area contributed by atoms with Gasteiger partial charge < -0.3 is 5.32 Å². The van der Waals surface area contributed by atoms with Crippen molar-refractivity contribution in [3.63, 3.8) is 0 Å². The van der Waals surface area contributed by atoms with Gasteiger partial charge in [-0.05, 0) is 12.5 Å². The molecule has 1 N–H and O–H groups in total. The topological polar surface area (TPSA) is 12.0 Å². The van der Waals surface area contributed by atoms with E-state index in [9.17, 15) is 0 Å². The lowest BCUT2D eigenvalue weighted by atomic mass is 10.3. The van der Waals surface area contributed by atoms with Gasteiger partial charge in [0.1, 0.15) is 0 Å². The first-order valence-corrected chi connectivity index (χ1v) is 3.25. The normalized spacial score (nSPS) is 9.33. The second-order valence-corrected chi connectivity index (χ2v) is 2.49. The van der Waals surface area contributed by atoms with Gasteiger partial charge in [-0.25, -0.2) is 0 Å². The monoisotopic (exact) mass is 125 g/mol. The van der Waals surface area contributed by atoms with Crippen LogP contribution in [0.5, 0.6) is 0 Å². The van der Waals surface area contributed by atoms with Gasteiger partial charge in [0.2, 0.25) is 0 Å². The van der Waals surface area contributed by atoms with Crippen molar-refractivity contribution in [3.05, 3.63) is 17.9 Å². The first-order valence-electron chi connectivity index (χ1n) is 3.25. The Labute approximate surface area is 57.5 Å². The van der Waals surface area contributed by atoms with Gasteiger partial charge in [0.05, 0.1) is 0 Å². The second-order valence-electron chi connectivity index (χ2n) is 2.49. The Bertz CT molecular complexity index is 119. The zero-order valence-electron chi connectivity index (χ0n) is 6.49. The van der Waals surface area contributed by atoms with Crippen molar-refractivity contribution >= 4 is 0 Å². The maximum atomic E-state index is 3.54. The van der Waals surface area contributed by atoms with Gasteiger partial charge in [-0.2, -0.15) is 0 Å². The van der Waals surface area contributed by atoms with Crippen LogP contribution < -0.4 is 5.32 Å². The predicted octanol–water partition coefficient (Wildman–Crippen LogP) is 1.72. The lowest BCUT2D eigenvalue weighted by molar-refractivity contribution is 0.622. The molecule has 0 aromatic carbocycles. The summed E-state index contributed by atoms with van der Waals surface area (Å²) in [4.78, 5) is 0. The number of rotatable bonds is 3. The minimum Gasteiger partial charge on any atom is -0.310 e. The van der Waals surface area contributed by atoms with E-state index in [1.807, 2.05) is 6.92 Å². The smallest absolute Gasteiger partial charge is 0.0239 e. The molecule has 0 fully saturated rings. The highest BCUT2D eigenvalue weighted by Gasteiger charge is 1.90. The molecule has 0 aliphatic heterocycles. The Balaban J connectivity index is 3.40. The minimum atomic E-state index is 0.549. The quantitative estimate of drug-likeness (QED) is 0.566. The molecule has 52 valence electrons. The summed E-state index contributed by atoms with van der Waals surface area (Å²) in [6.07, 6.45) is 0. The molecule has 0 saturated heterocycles. The summed E-state index contributed by atoms with van der Waals surface area (Å²) in [6.45, 7) is 10.7. The molecule has 0 aromatic rings. The van der Waals surface area contributed by atoms with Crippen molar-refractivity contribution < 1.29 is 0 Å². The van der Waals surface area contributed by atoms with Crippen LogP contribution in [-0.2, 0) is 0 Å². The highest BCUT2D eigenvalue weighted by molar-refractivity contribution is 4.96. The van der Waals surface area contributed by atoms with Gasteiger partial charge >= 0.3 is 0 Å². The van der Waals surface area contributed by atoms with Crippen LogP contribution in [0.25, 0.3) is 0 Å². The van der Waals surface area contributed by atoms with Crippen molar-refractivity contribution in [3.8, 4) is 0 Å². The van der Waals surface area contributed by atoms with Crippen LogP contribution in [0, 0.1) is 0 Å². The average Bonchev–Trinajstić information content (AvgIpc) is 1.83. The summed E-state index contributed by atoms with van der Waals surface area (Å²) in [5.41, 5.74) is 3.99. The van der Waals surface area contributed by atoms with E-state index in [-0.39, 0.29) is 0 Å². The van der Waals surface area contributed by atoms with Crippen LogP contribution in [-0.4, -0.2) is 12.6 Å². The molecule has 0 amide bonds. The Morgan fingerprint density at radius 3 is 2.56 bits per heavy atom. The fourth-order valence-corrected chi connectivity index (χ4v) is 0.420. The van der Waals surface area contributed by atoms with Crippen LogP contribution in [0.3, 0.4) is 0 Å². The fraction of sp³-hybridized carbons (Fsp3) is 0.625. The van der Waals surface area contributed by atoms with Gasteiger partial charge in [0.25, 0.3) is 0 Å². The van der Waals surface area contributed by atoms with Crippen molar-refractivity contribution in [2.75, 3.05) is 6.54 Å². The van der Waals surface area contributed by atoms with Crippen LogP contribution >= 0.6 is 0 Å². The molecule has 0 atom stereocenters. The first kappa shape index (κ1) is 8.48. The summed E-state index contributed by atoms with van der Waals surface area (Å²) in [5, 5.41) is 3.26. The second kappa shape index (κ2) is 4.37. The van der Waals surface area contributed by atoms with Crippen LogP contribution in [0.15, 0.2) is 17.9 Å². The number of hydrogen-bond donors (Lipinski definition) is 1. The molecule has 9 heavy (non-hydrogen) atoms. The van der Waals surface area contributed by atoms with E-state index in [2.05, 4.69) is 31.5 Å². The van der Waals surface area contributed by atoms with E-state index in [0.29, 0.717) is 6.04 Å². The number of hydrogen-bond acceptors (Lipinski definition) is 1. The Hall–Kier alpha value is -0.520. The van der Waals surface area contributed by atoms with Crippen LogP contribution in [0.4, 0.5) is 0 Å². The van der Waals surface area contributed by atoms with Crippen molar-refractivity contribution in [2.45, 2.75) is 26.8 Å². The third kappa shape index (κ3) is 5.35. The standard InChI is InChI=1S/C8H15N/c1-5-8(4)6-9-7(2)3/h7,9H,1,6H2,2-4H3. The highest BCUT2D eigenvalue weighted by atomic mass is 14.9. The summed E-state index contributed by atoms with van der Waals surface area (Å²) < 4.78 is 0. The van der Waals surface area contributed by atoms with Gasteiger partial charge in [-0.3, -0.25) is 0 Å². The van der Waals surface area contributed by atoms with Crippen LogP contribution in [0.1, 0.15) is 20.8 Å². The Morgan fingerprint density at radius 1 is 1.67 bits per heavy atom. The summed E-state index contributed by atoms with van der Waals surface area (Å²) in [6, 6.07) is 0.549. The highest BCUT2D eigenvalue weighted by Crippen LogP contribution is 1.85.